The van der Waals surface area contributed by atoms with Crippen molar-refractivity contribution < 1.29 is 14.3 Å². The molecule has 6 heteroatoms. The topological polar surface area (TPSA) is 63.3 Å². The van der Waals surface area contributed by atoms with Crippen molar-refractivity contribution in [2.75, 3.05) is 20.8 Å². The molecule has 0 bridgehead atoms. The molecule has 0 radical (unpaired) electrons. The van der Waals surface area contributed by atoms with E-state index in [2.05, 4.69) is 26.2 Å². The van der Waals surface area contributed by atoms with Crippen LogP contribution in [0, 0.1) is 0 Å². The van der Waals surface area contributed by atoms with Gasteiger partial charge >= 0.3 is 0 Å². The Morgan fingerprint density at radius 3 is 2.73 bits per heavy atom. The first-order valence-corrected chi connectivity index (χ1v) is 5.14. The van der Waals surface area contributed by atoms with Crippen LogP contribution < -0.4 is 5.32 Å². The van der Waals surface area contributed by atoms with Gasteiger partial charge in [-0.1, -0.05) is 0 Å². The average molecular weight is 277 g/mol. The lowest BCUT2D eigenvalue weighted by atomic mass is 10.4. The van der Waals surface area contributed by atoms with Gasteiger partial charge in [0.25, 0.3) is 5.91 Å². The van der Waals surface area contributed by atoms with Crippen molar-refractivity contribution in [3.05, 3.63) is 22.4 Å². The molecule has 0 spiro atoms. The Bertz CT molecular complexity index is 323. The molecule has 0 aromatic carbocycles. The summed E-state index contributed by atoms with van der Waals surface area (Å²) in [5.41, 5.74) is 0.493. The molecular weight excluding hydrogens is 264 g/mol. The predicted molar refractivity (Wildman–Crippen MR) is 58.6 cm³/mol. The van der Waals surface area contributed by atoms with Crippen LogP contribution in [0.25, 0.3) is 0 Å². The van der Waals surface area contributed by atoms with Crippen LogP contribution in [0.3, 0.4) is 0 Å². The largest absolute Gasteiger partial charge is 0.356 e. The number of aromatic nitrogens is 1. The van der Waals surface area contributed by atoms with E-state index in [1.807, 2.05) is 0 Å². The molecule has 5 nitrogen and oxygen atoms in total. The maximum Gasteiger partial charge on any atom is 0.267 e. The fraction of sp³-hybridized carbons (Fsp3) is 0.444. The molecule has 1 aromatic rings. The van der Waals surface area contributed by atoms with Crippen molar-refractivity contribution >= 4 is 21.8 Å². The van der Waals surface area contributed by atoms with E-state index in [1.54, 1.807) is 12.3 Å². The Hall–Kier alpha value is -0.850. The summed E-state index contributed by atoms with van der Waals surface area (Å²) in [5.74, 6) is -0.195. The van der Waals surface area contributed by atoms with Crippen molar-refractivity contribution in [1.82, 2.24) is 10.3 Å². The highest BCUT2D eigenvalue weighted by Crippen LogP contribution is 2.10. The van der Waals surface area contributed by atoms with Gasteiger partial charge in [0.15, 0.2) is 6.29 Å². The van der Waals surface area contributed by atoms with Crippen molar-refractivity contribution in [3.8, 4) is 0 Å². The average Bonchev–Trinajstić information content (AvgIpc) is 2.66. The minimum absolute atomic E-state index is 0.195. The number of halogens is 1. The lowest BCUT2D eigenvalue weighted by Crippen LogP contribution is -2.34. The van der Waals surface area contributed by atoms with Crippen LogP contribution in [0.2, 0.25) is 0 Å². The number of H-pyrrole nitrogens is 1. The zero-order chi connectivity index (χ0) is 11.3. The molecule has 15 heavy (non-hydrogen) atoms. The zero-order valence-corrected chi connectivity index (χ0v) is 10.1. The van der Waals surface area contributed by atoms with Gasteiger partial charge in [0.2, 0.25) is 0 Å². The summed E-state index contributed by atoms with van der Waals surface area (Å²) >= 11 is 3.25. The van der Waals surface area contributed by atoms with Crippen molar-refractivity contribution in [1.29, 1.82) is 0 Å². The molecule has 0 unspecified atom stereocenters. The molecule has 0 saturated carbocycles. The van der Waals surface area contributed by atoms with Gasteiger partial charge < -0.3 is 19.8 Å². The third kappa shape index (κ3) is 3.65. The number of hydrogen-bond donors (Lipinski definition) is 2. The monoisotopic (exact) mass is 276 g/mol. The third-order valence-corrected chi connectivity index (χ3v) is 2.31. The van der Waals surface area contributed by atoms with Crippen molar-refractivity contribution in [3.63, 3.8) is 0 Å². The van der Waals surface area contributed by atoms with E-state index < -0.39 is 6.29 Å². The van der Waals surface area contributed by atoms with Crippen LogP contribution in [-0.4, -0.2) is 37.9 Å². The van der Waals surface area contributed by atoms with Gasteiger partial charge in [-0.3, -0.25) is 4.79 Å². The van der Waals surface area contributed by atoms with Crippen LogP contribution in [-0.2, 0) is 9.47 Å². The summed E-state index contributed by atoms with van der Waals surface area (Å²) in [6.45, 7) is 0.308. The maximum atomic E-state index is 11.5. The van der Waals surface area contributed by atoms with E-state index in [9.17, 15) is 4.79 Å². The number of amides is 1. The molecule has 1 aromatic heterocycles. The number of methoxy groups -OCH3 is 2. The van der Waals surface area contributed by atoms with Crippen LogP contribution >= 0.6 is 15.9 Å². The Morgan fingerprint density at radius 1 is 1.60 bits per heavy atom. The molecule has 2 N–H and O–H groups in total. The second-order valence-corrected chi connectivity index (χ2v) is 3.76. The number of rotatable bonds is 5. The summed E-state index contributed by atoms with van der Waals surface area (Å²) in [6, 6.07) is 1.70. The number of ether oxygens (including phenoxy) is 2. The van der Waals surface area contributed by atoms with Gasteiger partial charge in [-0.05, 0) is 22.0 Å². The molecule has 1 amide bonds. The molecule has 0 aliphatic carbocycles. The van der Waals surface area contributed by atoms with E-state index in [0.29, 0.717) is 12.2 Å². The van der Waals surface area contributed by atoms with Crippen LogP contribution in [0.15, 0.2) is 16.7 Å². The molecule has 1 heterocycles. The first-order chi connectivity index (χ1) is 7.17. The highest BCUT2D eigenvalue weighted by molar-refractivity contribution is 9.10. The first-order valence-electron chi connectivity index (χ1n) is 4.35. The maximum absolute atomic E-state index is 11.5. The van der Waals surface area contributed by atoms with E-state index in [0.717, 1.165) is 4.47 Å². The Balaban J connectivity index is 2.42. The molecule has 0 atom stereocenters. The fourth-order valence-corrected chi connectivity index (χ4v) is 1.38. The first kappa shape index (κ1) is 12.2. The number of aromatic amines is 1. The van der Waals surface area contributed by atoms with Crippen LogP contribution in [0.5, 0.6) is 0 Å². The predicted octanol–water partition coefficient (Wildman–Crippen LogP) is 1.13. The number of hydrogen-bond acceptors (Lipinski definition) is 3. The Labute approximate surface area is 96.3 Å². The van der Waals surface area contributed by atoms with Crippen LogP contribution in [0.4, 0.5) is 0 Å². The van der Waals surface area contributed by atoms with E-state index in [1.165, 1.54) is 14.2 Å². The Morgan fingerprint density at radius 2 is 2.27 bits per heavy atom. The van der Waals surface area contributed by atoms with Crippen LogP contribution in [0.1, 0.15) is 10.5 Å². The van der Waals surface area contributed by atoms with Gasteiger partial charge in [-0.15, -0.1) is 0 Å². The second-order valence-electron chi connectivity index (χ2n) is 2.84. The second kappa shape index (κ2) is 5.89. The summed E-state index contributed by atoms with van der Waals surface area (Å²) in [6.07, 6.45) is 1.27. The van der Waals surface area contributed by atoms with Gasteiger partial charge in [-0.2, -0.15) is 0 Å². The normalized spacial score (nSPS) is 10.7. The number of carbonyl (C=O) groups is 1. The highest BCUT2D eigenvalue weighted by Gasteiger charge is 2.10. The number of nitrogens with one attached hydrogen (secondary N) is 2. The smallest absolute Gasteiger partial charge is 0.267 e. The van der Waals surface area contributed by atoms with Crippen molar-refractivity contribution in [2.45, 2.75) is 6.29 Å². The standard InChI is InChI=1S/C9H13BrN2O3/c1-14-8(15-2)5-12-9(13)7-3-6(10)4-11-7/h3-4,8,11H,5H2,1-2H3,(H,12,13). The lowest BCUT2D eigenvalue weighted by molar-refractivity contribution is -0.0974. The minimum atomic E-state index is -0.424. The molecule has 0 aliphatic heterocycles. The highest BCUT2D eigenvalue weighted by atomic mass is 79.9. The van der Waals surface area contributed by atoms with E-state index in [-0.39, 0.29) is 5.91 Å². The molecule has 84 valence electrons. The molecule has 0 aliphatic rings. The fourth-order valence-electron chi connectivity index (χ4n) is 1.03. The molecule has 0 fully saturated rings. The quantitative estimate of drug-likeness (QED) is 0.793. The summed E-state index contributed by atoms with van der Waals surface area (Å²) in [7, 11) is 3.04. The van der Waals surface area contributed by atoms with Crippen molar-refractivity contribution in [2.24, 2.45) is 0 Å². The SMILES string of the molecule is COC(CNC(=O)c1cc(Br)c[nH]1)OC. The molecule has 0 saturated heterocycles. The minimum Gasteiger partial charge on any atom is -0.356 e. The molecular formula is C9H13BrN2O3. The zero-order valence-electron chi connectivity index (χ0n) is 8.54. The summed E-state index contributed by atoms with van der Waals surface area (Å²) < 4.78 is 10.7. The van der Waals surface area contributed by atoms with Gasteiger partial charge in [0.1, 0.15) is 5.69 Å². The molecule has 1 rings (SSSR count). The van der Waals surface area contributed by atoms with Gasteiger partial charge in [0.05, 0.1) is 6.54 Å². The van der Waals surface area contributed by atoms with E-state index >= 15 is 0 Å². The Kier molecular flexibility index (Phi) is 4.80. The summed E-state index contributed by atoms with van der Waals surface area (Å²) in [5, 5.41) is 2.67. The van der Waals surface area contributed by atoms with Gasteiger partial charge in [0, 0.05) is 24.9 Å². The summed E-state index contributed by atoms with van der Waals surface area (Å²) in [4.78, 5) is 14.3. The van der Waals surface area contributed by atoms with E-state index in [4.69, 9.17) is 9.47 Å². The van der Waals surface area contributed by atoms with Gasteiger partial charge in [-0.25, -0.2) is 0 Å². The number of carbonyl (C=O) groups excluding carboxylic acids is 1. The lowest BCUT2D eigenvalue weighted by Gasteiger charge is -2.13. The third-order valence-electron chi connectivity index (χ3n) is 1.85.